The van der Waals surface area contributed by atoms with Crippen molar-refractivity contribution in [3.05, 3.63) is 0 Å². The third-order valence-electron chi connectivity index (χ3n) is 3.86. The molecule has 84 valence electrons. The number of nitrogens with two attached hydrogens (primary N) is 1. The molecule has 4 heteroatoms. The lowest BCUT2D eigenvalue weighted by Crippen LogP contribution is -2.43. The zero-order valence-electron chi connectivity index (χ0n) is 9.49. The predicted octanol–water partition coefficient (Wildman–Crippen LogP) is 0.365. The standard InChI is InChI=1S/C11H18N2O2/c1-6(4-5-12)13-9(14)7-8(10(13)15)11(7,2)3/h6-8H,4-5,12H2,1-3H3. The number of hydrogen-bond donors (Lipinski definition) is 1. The summed E-state index contributed by atoms with van der Waals surface area (Å²) >= 11 is 0. The van der Waals surface area contributed by atoms with Crippen LogP contribution in [-0.4, -0.2) is 29.3 Å². The second-order valence-corrected chi connectivity index (χ2v) is 5.25. The first kappa shape index (κ1) is 10.6. The van der Waals surface area contributed by atoms with Gasteiger partial charge in [-0.05, 0) is 25.3 Å². The molecule has 0 radical (unpaired) electrons. The fourth-order valence-electron chi connectivity index (χ4n) is 2.77. The molecule has 1 aliphatic heterocycles. The predicted molar refractivity (Wildman–Crippen MR) is 55.7 cm³/mol. The van der Waals surface area contributed by atoms with E-state index < -0.39 is 0 Å². The van der Waals surface area contributed by atoms with Crippen molar-refractivity contribution >= 4 is 11.8 Å². The smallest absolute Gasteiger partial charge is 0.233 e. The molecule has 1 saturated heterocycles. The first-order valence-electron chi connectivity index (χ1n) is 5.50. The van der Waals surface area contributed by atoms with Crippen molar-refractivity contribution in [2.75, 3.05) is 6.54 Å². The van der Waals surface area contributed by atoms with Crippen LogP contribution in [-0.2, 0) is 9.59 Å². The SMILES string of the molecule is CC(CCN)N1C(=O)C2C(C1=O)C2(C)C. The maximum atomic E-state index is 12.0. The molecular formula is C11H18N2O2. The van der Waals surface area contributed by atoms with Crippen LogP contribution in [0.1, 0.15) is 27.2 Å². The van der Waals surface area contributed by atoms with Gasteiger partial charge in [0.1, 0.15) is 0 Å². The van der Waals surface area contributed by atoms with Crippen molar-refractivity contribution in [2.24, 2.45) is 23.0 Å². The molecule has 15 heavy (non-hydrogen) atoms. The number of imide groups is 1. The summed E-state index contributed by atoms with van der Waals surface area (Å²) in [5.74, 6) is -0.109. The van der Waals surface area contributed by atoms with Crippen molar-refractivity contribution in [1.29, 1.82) is 0 Å². The number of hydrogen-bond acceptors (Lipinski definition) is 3. The Bertz CT molecular complexity index is 301. The molecule has 1 saturated carbocycles. The summed E-state index contributed by atoms with van der Waals surface area (Å²) in [6, 6.07) is -0.0430. The van der Waals surface area contributed by atoms with Crippen LogP contribution in [0.15, 0.2) is 0 Å². The lowest BCUT2D eigenvalue weighted by molar-refractivity contribution is -0.145. The Kier molecular flexibility index (Phi) is 2.15. The topological polar surface area (TPSA) is 63.4 Å². The third-order valence-corrected chi connectivity index (χ3v) is 3.86. The molecule has 2 rings (SSSR count). The molecule has 1 aliphatic carbocycles. The molecule has 0 bridgehead atoms. The van der Waals surface area contributed by atoms with E-state index in [2.05, 4.69) is 0 Å². The zero-order valence-corrected chi connectivity index (χ0v) is 9.49. The number of piperidine rings is 1. The second kappa shape index (κ2) is 3.04. The highest BCUT2D eigenvalue weighted by Gasteiger charge is 2.72. The Hall–Kier alpha value is -0.900. The third kappa shape index (κ3) is 1.24. The van der Waals surface area contributed by atoms with Crippen LogP contribution in [0.4, 0.5) is 0 Å². The van der Waals surface area contributed by atoms with E-state index in [0.717, 1.165) is 0 Å². The minimum atomic E-state index is -0.104. The summed E-state index contributed by atoms with van der Waals surface area (Å²) in [5, 5.41) is 0. The first-order valence-corrected chi connectivity index (χ1v) is 5.50. The number of nitrogens with zero attached hydrogens (tertiary/aromatic N) is 1. The van der Waals surface area contributed by atoms with Crippen molar-refractivity contribution in [3.8, 4) is 0 Å². The molecule has 2 aliphatic rings. The number of carbonyl (C=O) groups is 2. The molecule has 2 amide bonds. The minimum Gasteiger partial charge on any atom is -0.330 e. The Morgan fingerprint density at radius 3 is 2.20 bits per heavy atom. The number of amides is 2. The van der Waals surface area contributed by atoms with E-state index in [0.29, 0.717) is 13.0 Å². The van der Waals surface area contributed by atoms with Gasteiger partial charge in [0.2, 0.25) is 11.8 Å². The molecule has 2 fully saturated rings. The van der Waals surface area contributed by atoms with Gasteiger partial charge in [0.15, 0.2) is 0 Å². The highest BCUT2D eigenvalue weighted by Crippen LogP contribution is 2.63. The summed E-state index contributed by atoms with van der Waals surface area (Å²) in [7, 11) is 0. The second-order valence-electron chi connectivity index (χ2n) is 5.25. The largest absolute Gasteiger partial charge is 0.330 e. The zero-order chi connectivity index (χ0) is 11.4. The van der Waals surface area contributed by atoms with Crippen LogP contribution in [0.2, 0.25) is 0 Å². The summed E-state index contributed by atoms with van der Waals surface area (Å²) in [5.41, 5.74) is 5.33. The molecule has 0 aromatic heterocycles. The molecular weight excluding hydrogens is 192 g/mol. The van der Waals surface area contributed by atoms with Gasteiger partial charge in [-0.3, -0.25) is 14.5 Å². The van der Waals surface area contributed by atoms with Crippen LogP contribution >= 0.6 is 0 Å². The van der Waals surface area contributed by atoms with Crippen LogP contribution < -0.4 is 5.73 Å². The highest BCUT2D eigenvalue weighted by molar-refractivity contribution is 6.10. The van der Waals surface area contributed by atoms with Crippen molar-refractivity contribution in [2.45, 2.75) is 33.2 Å². The van der Waals surface area contributed by atoms with Gasteiger partial charge in [-0.25, -0.2) is 0 Å². The lowest BCUT2D eigenvalue weighted by Gasteiger charge is -2.26. The van der Waals surface area contributed by atoms with Gasteiger partial charge < -0.3 is 5.73 Å². The molecule has 4 nitrogen and oxygen atoms in total. The Morgan fingerprint density at radius 1 is 1.33 bits per heavy atom. The summed E-state index contributed by atoms with van der Waals surface area (Å²) in [6.45, 7) is 6.38. The normalized spacial score (nSPS) is 34.3. The van der Waals surface area contributed by atoms with E-state index in [1.807, 2.05) is 20.8 Å². The van der Waals surface area contributed by atoms with E-state index in [4.69, 9.17) is 5.73 Å². The maximum Gasteiger partial charge on any atom is 0.233 e. The van der Waals surface area contributed by atoms with Crippen LogP contribution in [0, 0.1) is 17.3 Å². The van der Waals surface area contributed by atoms with Gasteiger partial charge in [0, 0.05) is 6.04 Å². The number of rotatable bonds is 3. The molecule has 3 unspecified atom stereocenters. The van der Waals surface area contributed by atoms with Crippen LogP contribution in [0.5, 0.6) is 0 Å². The molecule has 2 N–H and O–H groups in total. The molecule has 0 spiro atoms. The molecule has 1 heterocycles. The van der Waals surface area contributed by atoms with Crippen molar-refractivity contribution < 1.29 is 9.59 Å². The first-order chi connectivity index (χ1) is 6.92. The van der Waals surface area contributed by atoms with Crippen molar-refractivity contribution in [1.82, 2.24) is 4.90 Å². The lowest BCUT2D eigenvalue weighted by atomic mass is 10.0. The Labute approximate surface area is 89.8 Å². The Balaban J connectivity index is 2.14. The summed E-state index contributed by atoms with van der Waals surface area (Å²) in [6.07, 6.45) is 0.692. The average molecular weight is 210 g/mol. The fourth-order valence-corrected chi connectivity index (χ4v) is 2.77. The number of carbonyl (C=O) groups excluding carboxylic acids is 2. The highest BCUT2D eigenvalue weighted by atomic mass is 16.2. The van der Waals surface area contributed by atoms with Gasteiger partial charge in [0.25, 0.3) is 0 Å². The van der Waals surface area contributed by atoms with E-state index in [9.17, 15) is 9.59 Å². The van der Waals surface area contributed by atoms with E-state index in [1.165, 1.54) is 4.90 Å². The fraction of sp³-hybridized carbons (Fsp3) is 0.818. The van der Waals surface area contributed by atoms with Gasteiger partial charge in [-0.2, -0.15) is 0 Å². The molecule has 3 atom stereocenters. The Morgan fingerprint density at radius 2 is 1.80 bits per heavy atom. The average Bonchev–Trinajstić information content (AvgIpc) is 2.56. The van der Waals surface area contributed by atoms with Crippen LogP contribution in [0.25, 0.3) is 0 Å². The van der Waals surface area contributed by atoms with E-state index in [1.54, 1.807) is 0 Å². The summed E-state index contributed by atoms with van der Waals surface area (Å²) < 4.78 is 0. The van der Waals surface area contributed by atoms with Gasteiger partial charge in [-0.15, -0.1) is 0 Å². The van der Waals surface area contributed by atoms with Crippen LogP contribution in [0.3, 0.4) is 0 Å². The quantitative estimate of drug-likeness (QED) is 0.684. The van der Waals surface area contributed by atoms with Gasteiger partial charge in [0.05, 0.1) is 11.8 Å². The molecule has 0 aromatic rings. The van der Waals surface area contributed by atoms with E-state index >= 15 is 0 Å². The van der Waals surface area contributed by atoms with Gasteiger partial charge in [-0.1, -0.05) is 13.8 Å². The van der Waals surface area contributed by atoms with E-state index in [-0.39, 0.29) is 35.1 Å². The maximum absolute atomic E-state index is 12.0. The molecule has 0 aromatic carbocycles. The minimum absolute atomic E-state index is 0.0101. The number of likely N-dealkylation sites (tertiary alicyclic amines) is 1. The number of fused-ring (bicyclic) bond motifs is 1. The van der Waals surface area contributed by atoms with Crippen molar-refractivity contribution in [3.63, 3.8) is 0 Å². The summed E-state index contributed by atoms with van der Waals surface area (Å²) in [4.78, 5) is 25.3. The monoisotopic (exact) mass is 210 g/mol. The van der Waals surface area contributed by atoms with Gasteiger partial charge >= 0.3 is 0 Å².